The third-order valence-electron chi connectivity index (χ3n) is 2.82. The van der Waals surface area contributed by atoms with Gasteiger partial charge < -0.3 is 14.9 Å². The second-order valence-corrected chi connectivity index (χ2v) is 6.35. The summed E-state index contributed by atoms with van der Waals surface area (Å²) in [6, 6.07) is 3.75. The molecule has 0 heterocycles. The molecule has 0 saturated heterocycles. The summed E-state index contributed by atoms with van der Waals surface area (Å²) in [4.78, 5) is 10.8. The lowest BCUT2D eigenvalue weighted by Gasteiger charge is -2.10. The Hall–Kier alpha value is -1.60. The third-order valence-corrected chi connectivity index (χ3v) is 4.63. The molecule has 0 aromatic heterocycles. The molecule has 0 atom stereocenters. The first kappa shape index (κ1) is 16.5. The molecule has 0 spiro atoms. The Morgan fingerprint density at radius 3 is 2.50 bits per heavy atom. The highest BCUT2D eigenvalue weighted by Crippen LogP contribution is 2.26. The van der Waals surface area contributed by atoms with Crippen molar-refractivity contribution in [2.45, 2.75) is 24.2 Å². The summed E-state index contributed by atoms with van der Waals surface area (Å²) in [5, 5.41) is 17.6. The number of carbonyl (C=O) groups is 1. The van der Waals surface area contributed by atoms with Crippen LogP contribution in [0.4, 0.5) is 0 Å². The lowest BCUT2D eigenvalue weighted by atomic mass is 10.2. The maximum atomic E-state index is 12.2. The fourth-order valence-electron chi connectivity index (χ4n) is 1.74. The Balaban J connectivity index is 3.02. The zero-order valence-electron chi connectivity index (χ0n) is 11.2. The van der Waals surface area contributed by atoms with E-state index in [-0.39, 0.29) is 28.6 Å². The Labute approximate surface area is 117 Å². The lowest BCUT2D eigenvalue weighted by molar-refractivity contribution is 0.0696. The number of methoxy groups -OCH3 is 1. The van der Waals surface area contributed by atoms with Gasteiger partial charge >= 0.3 is 5.97 Å². The van der Waals surface area contributed by atoms with Crippen molar-refractivity contribution < 1.29 is 28.2 Å². The van der Waals surface area contributed by atoms with Crippen LogP contribution in [0.1, 0.15) is 29.6 Å². The molecule has 6 nitrogen and oxygen atoms in total. The molecule has 1 aromatic rings. The summed E-state index contributed by atoms with van der Waals surface area (Å²) in [7, 11) is -2.28. The Morgan fingerprint density at radius 2 is 1.95 bits per heavy atom. The molecule has 1 rings (SSSR count). The number of hydrogen-bond donors (Lipinski definition) is 2. The van der Waals surface area contributed by atoms with E-state index in [1.807, 2.05) is 0 Å². The van der Waals surface area contributed by atoms with Gasteiger partial charge in [-0.2, -0.15) is 0 Å². The molecule has 0 aliphatic heterocycles. The molecular formula is C13H18O6S. The number of carboxylic acid groups (broad SMARTS) is 1. The Morgan fingerprint density at radius 1 is 1.25 bits per heavy atom. The van der Waals surface area contributed by atoms with Gasteiger partial charge in [-0.1, -0.05) is 6.42 Å². The standard InChI is InChI=1S/C13H18O6S/c1-19-11-6-5-10(13(15)16)9-12(11)20(17,18)8-4-2-3-7-14/h5-6,9,14H,2-4,7-8H2,1H3,(H,15,16). The van der Waals surface area contributed by atoms with Crippen molar-refractivity contribution in [3.63, 3.8) is 0 Å². The molecule has 0 unspecified atom stereocenters. The van der Waals surface area contributed by atoms with Crippen molar-refractivity contribution in [1.29, 1.82) is 0 Å². The fourth-order valence-corrected chi connectivity index (χ4v) is 3.31. The highest BCUT2D eigenvalue weighted by Gasteiger charge is 2.21. The van der Waals surface area contributed by atoms with Crippen LogP contribution in [0.2, 0.25) is 0 Å². The average Bonchev–Trinajstić information content (AvgIpc) is 2.42. The molecule has 0 saturated carbocycles. The van der Waals surface area contributed by atoms with Crippen LogP contribution in [-0.2, 0) is 9.84 Å². The fraction of sp³-hybridized carbons (Fsp3) is 0.462. The van der Waals surface area contributed by atoms with Crippen molar-refractivity contribution in [3.05, 3.63) is 23.8 Å². The minimum Gasteiger partial charge on any atom is -0.495 e. The summed E-state index contributed by atoms with van der Waals surface area (Å²) < 4.78 is 29.4. The van der Waals surface area contributed by atoms with Gasteiger partial charge in [-0.3, -0.25) is 0 Å². The topological polar surface area (TPSA) is 101 Å². The van der Waals surface area contributed by atoms with Crippen LogP contribution in [0, 0.1) is 0 Å². The number of aliphatic hydroxyl groups is 1. The number of aliphatic hydroxyl groups excluding tert-OH is 1. The summed E-state index contributed by atoms with van der Waals surface area (Å²) in [5.74, 6) is -1.16. The molecule has 112 valence electrons. The van der Waals surface area contributed by atoms with Gasteiger partial charge in [0.05, 0.1) is 18.4 Å². The third kappa shape index (κ3) is 4.21. The molecule has 0 radical (unpaired) electrons. The number of sulfone groups is 1. The van der Waals surface area contributed by atoms with Crippen molar-refractivity contribution in [2.24, 2.45) is 0 Å². The van der Waals surface area contributed by atoms with E-state index >= 15 is 0 Å². The second kappa shape index (κ2) is 7.25. The predicted octanol–water partition coefficient (Wildman–Crippen LogP) is 1.33. The van der Waals surface area contributed by atoms with E-state index in [2.05, 4.69) is 0 Å². The number of hydrogen-bond acceptors (Lipinski definition) is 5. The Bertz CT molecular complexity index is 564. The SMILES string of the molecule is COc1ccc(C(=O)O)cc1S(=O)(=O)CCCCCO. The van der Waals surface area contributed by atoms with Crippen molar-refractivity contribution >= 4 is 15.8 Å². The van der Waals surface area contributed by atoms with Crippen LogP contribution in [0.3, 0.4) is 0 Å². The largest absolute Gasteiger partial charge is 0.495 e. The molecule has 0 fully saturated rings. The van der Waals surface area contributed by atoms with Gasteiger partial charge in [0, 0.05) is 6.61 Å². The summed E-state index contributed by atoms with van der Waals surface area (Å²) in [5.41, 5.74) is -0.0975. The number of benzene rings is 1. The number of aromatic carboxylic acids is 1. The van der Waals surface area contributed by atoms with Gasteiger partial charge in [-0.15, -0.1) is 0 Å². The summed E-state index contributed by atoms with van der Waals surface area (Å²) in [6.07, 6.45) is 1.54. The molecular weight excluding hydrogens is 284 g/mol. The van der Waals surface area contributed by atoms with Gasteiger partial charge in [-0.25, -0.2) is 13.2 Å². The van der Waals surface area contributed by atoms with E-state index in [4.69, 9.17) is 14.9 Å². The van der Waals surface area contributed by atoms with Crippen molar-refractivity contribution in [2.75, 3.05) is 19.5 Å². The van der Waals surface area contributed by atoms with Crippen LogP contribution in [0.15, 0.2) is 23.1 Å². The summed E-state index contributed by atoms with van der Waals surface area (Å²) in [6.45, 7) is 0.0257. The molecule has 20 heavy (non-hydrogen) atoms. The summed E-state index contributed by atoms with van der Waals surface area (Å²) >= 11 is 0. The maximum Gasteiger partial charge on any atom is 0.335 e. The molecule has 1 aromatic carbocycles. The second-order valence-electron chi connectivity index (χ2n) is 4.27. The van der Waals surface area contributed by atoms with Gasteiger partial charge in [0.2, 0.25) is 0 Å². The molecule has 0 aliphatic rings. The predicted molar refractivity (Wildman–Crippen MR) is 72.9 cm³/mol. The molecule has 0 amide bonds. The van der Waals surface area contributed by atoms with E-state index in [0.717, 1.165) is 6.07 Å². The smallest absolute Gasteiger partial charge is 0.335 e. The van der Waals surface area contributed by atoms with E-state index in [1.165, 1.54) is 19.2 Å². The number of ether oxygens (including phenoxy) is 1. The minimum atomic E-state index is -3.61. The monoisotopic (exact) mass is 302 g/mol. The number of rotatable bonds is 8. The normalized spacial score (nSPS) is 11.3. The molecule has 2 N–H and O–H groups in total. The van der Waals surface area contributed by atoms with Crippen LogP contribution in [0.5, 0.6) is 5.75 Å². The van der Waals surface area contributed by atoms with Crippen LogP contribution in [-0.4, -0.2) is 44.1 Å². The van der Waals surface area contributed by atoms with Crippen LogP contribution < -0.4 is 4.74 Å². The highest BCUT2D eigenvalue weighted by molar-refractivity contribution is 7.91. The zero-order valence-corrected chi connectivity index (χ0v) is 12.0. The maximum absolute atomic E-state index is 12.2. The molecule has 0 bridgehead atoms. The first-order valence-electron chi connectivity index (χ1n) is 6.17. The lowest BCUT2D eigenvalue weighted by Crippen LogP contribution is -2.10. The number of unbranched alkanes of at least 4 members (excludes halogenated alkanes) is 2. The van der Waals surface area contributed by atoms with Gasteiger partial charge in [0.15, 0.2) is 9.84 Å². The van der Waals surface area contributed by atoms with Gasteiger partial charge in [0.1, 0.15) is 10.6 Å². The molecule has 0 aliphatic carbocycles. The van der Waals surface area contributed by atoms with Gasteiger partial charge in [-0.05, 0) is 31.0 Å². The first-order chi connectivity index (χ1) is 9.42. The van der Waals surface area contributed by atoms with Gasteiger partial charge in [0.25, 0.3) is 0 Å². The first-order valence-corrected chi connectivity index (χ1v) is 7.82. The van der Waals surface area contributed by atoms with Crippen LogP contribution >= 0.6 is 0 Å². The van der Waals surface area contributed by atoms with E-state index in [1.54, 1.807) is 0 Å². The van der Waals surface area contributed by atoms with Crippen molar-refractivity contribution in [3.8, 4) is 5.75 Å². The molecule has 7 heteroatoms. The van der Waals surface area contributed by atoms with Crippen LogP contribution in [0.25, 0.3) is 0 Å². The zero-order chi connectivity index (χ0) is 15.2. The number of carboxylic acids is 1. The quantitative estimate of drug-likeness (QED) is 0.703. The van der Waals surface area contributed by atoms with Crippen molar-refractivity contribution in [1.82, 2.24) is 0 Å². The minimum absolute atomic E-state index is 0.0257. The van der Waals surface area contributed by atoms with E-state index < -0.39 is 15.8 Å². The van der Waals surface area contributed by atoms with E-state index in [0.29, 0.717) is 19.3 Å². The Kier molecular flexibility index (Phi) is 5.97. The highest BCUT2D eigenvalue weighted by atomic mass is 32.2. The average molecular weight is 302 g/mol. The van der Waals surface area contributed by atoms with E-state index in [9.17, 15) is 13.2 Å².